The van der Waals surface area contributed by atoms with Gasteiger partial charge in [0.15, 0.2) is 0 Å². The maximum absolute atomic E-state index is 9.03. The van der Waals surface area contributed by atoms with Gasteiger partial charge in [-0.3, -0.25) is 4.90 Å². The molecule has 1 heterocycles. The van der Waals surface area contributed by atoms with Crippen molar-refractivity contribution in [2.24, 2.45) is 5.73 Å². The van der Waals surface area contributed by atoms with Crippen LogP contribution >= 0.6 is 0 Å². The molecule has 0 spiro atoms. The summed E-state index contributed by atoms with van der Waals surface area (Å²) in [5, 5.41) is 9.03. The highest BCUT2D eigenvalue weighted by Gasteiger charge is 2.19. The first-order valence-electron chi connectivity index (χ1n) is 6.27. The monoisotopic (exact) mass is 230 g/mol. The van der Waals surface area contributed by atoms with Gasteiger partial charge in [0.2, 0.25) is 0 Å². The summed E-state index contributed by atoms with van der Waals surface area (Å²) in [5.74, 6) is 0. The number of aliphatic hydroxyl groups is 1. The van der Waals surface area contributed by atoms with Crippen LogP contribution in [0.25, 0.3) is 0 Å². The standard InChI is InChI=1S/C12H26N2O2/c1-11-9-16-8-7-14(11)6-4-3-5-12(2,13)10-15/h11,15H,3-10,13H2,1-2H3. The molecule has 0 amide bonds. The first-order chi connectivity index (χ1) is 7.55. The molecule has 2 unspecified atom stereocenters. The topological polar surface area (TPSA) is 58.7 Å². The van der Waals surface area contributed by atoms with Crippen molar-refractivity contribution >= 4 is 0 Å². The first-order valence-corrected chi connectivity index (χ1v) is 6.27. The average Bonchev–Trinajstić information content (AvgIpc) is 2.27. The summed E-state index contributed by atoms with van der Waals surface area (Å²) in [6.45, 7) is 8.05. The third kappa shape index (κ3) is 4.78. The molecule has 96 valence electrons. The van der Waals surface area contributed by atoms with Crippen molar-refractivity contribution in [1.29, 1.82) is 0 Å². The van der Waals surface area contributed by atoms with E-state index >= 15 is 0 Å². The van der Waals surface area contributed by atoms with Crippen LogP contribution in [-0.4, -0.2) is 54.5 Å². The zero-order valence-corrected chi connectivity index (χ0v) is 10.6. The Hall–Kier alpha value is -0.160. The van der Waals surface area contributed by atoms with Gasteiger partial charge in [-0.25, -0.2) is 0 Å². The largest absolute Gasteiger partial charge is 0.394 e. The number of morpholine rings is 1. The Bertz CT molecular complexity index is 197. The molecule has 1 aliphatic heterocycles. The Morgan fingerprint density at radius 2 is 2.25 bits per heavy atom. The van der Waals surface area contributed by atoms with Crippen LogP contribution in [0.4, 0.5) is 0 Å². The lowest BCUT2D eigenvalue weighted by molar-refractivity contribution is -0.00113. The van der Waals surface area contributed by atoms with Crippen LogP contribution in [0, 0.1) is 0 Å². The van der Waals surface area contributed by atoms with Gasteiger partial charge in [-0.1, -0.05) is 6.42 Å². The van der Waals surface area contributed by atoms with Crippen LogP contribution in [0.3, 0.4) is 0 Å². The fourth-order valence-electron chi connectivity index (χ4n) is 2.02. The molecule has 1 aliphatic rings. The van der Waals surface area contributed by atoms with Crippen LogP contribution in [-0.2, 0) is 4.74 Å². The number of rotatable bonds is 6. The lowest BCUT2D eigenvalue weighted by atomic mass is 9.97. The summed E-state index contributed by atoms with van der Waals surface area (Å²) in [6.07, 6.45) is 3.12. The summed E-state index contributed by atoms with van der Waals surface area (Å²) in [4.78, 5) is 2.47. The number of hydrogen-bond acceptors (Lipinski definition) is 4. The molecule has 3 N–H and O–H groups in total. The molecule has 0 aromatic rings. The lowest BCUT2D eigenvalue weighted by Gasteiger charge is -2.33. The number of aliphatic hydroxyl groups excluding tert-OH is 1. The minimum Gasteiger partial charge on any atom is -0.394 e. The maximum atomic E-state index is 9.03. The predicted molar refractivity (Wildman–Crippen MR) is 65.4 cm³/mol. The molecule has 0 radical (unpaired) electrons. The van der Waals surface area contributed by atoms with Crippen LogP contribution < -0.4 is 5.73 Å². The van der Waals surface area contributed by atoms with Gasteiger partial charge >= 0.3 is 0 Å². The smallest absolute Gasteiger partial charge is 0.0619 e. The summed E-state index contributed by atoms with van der Waals surface area (Å²) in [5.41, 5.74) is 5.47. The molecule has 0 aromatic heterocycles. The first kappa shape index (κ1) is 13.9. The Balaban J connectivity index is 2.10. The lowest BCUT2D eigenvalue weighted by Crippen LogP contribution is -2.44. The van der Waals surface area contributed by atoms with Gasteiger partial charge in [-0.05, 0) is 33.2 Å². The van der Waals surface area contributed by atoms with Gasteiger partial charge < -0.3 is 15.6 Å². The van der Waals surface area contributed by atoms with Gasteiger partial charge in [-0.2, -0.15) is 0 Å². The molecule has 4 nitrogen and oxygen atoms in total. The SMILES string of the molecule is CC1COCCN1CCCCC(C)(N)CO. The van der Waals surface area contributed by atoms with Gasteiger partial charge in [-0.15, -0.1) is 0 Å². The van der Waals surface area contributed by atoms with E-state index in [9.17, 15) is 0 Å². The second-order valence-electron chi connectivity index (χ2n) is 5.23. The molecule has 4 heteroatoms. The van der Waals surface area contributed by atoms with E-state index in [-0.39, 0.29) is 6.61 Å². The molecule has 16 heavy (non-hydrogen) atoms. The summed E-state index contributed by atoms with van der Waals surface area (Å²) in [7, 11) is 0. The zero-order chi connectivity index (χ0) is 12.0. The molecular formula is C12H26N2O2. The summed E-state index contributed by atoms with van der Waals surface area (Å²) < 4.78 is 5.40. The zero-order valence-electron chi connectivity index (χ0n) is 10.6. The highest BCUT2D eigenvalue weighted by Crippen LogP contribution is 2.12. The van der Waals surface area contributed by atoms with Crippen molar-refractivity contribution in [3.05, 3.63) is 0 Å². The van der Waals surface area contributed by atoms with E-state index in [4.69, 9.17) is 15.6 Å². The second kappa shape index (κ2) is 6.55. The van der Waals surface area contributed by atoms with E-state index in [1.54, 1.807) is 0 Å². The van der Waals surface area contributed by atoms with Crippen molar-refractivity contribution in [3.63, 3.8) is 0 Å². The second-order valence-corrected chi connectivity index (χ2v) is 5.23. The number of nitrogens with two attached hydrogens (primary N) is 1. The molecule has 1 rings (SSSR count). The molecular weight excluding hydrogens is 204 g/mol. The normalized spacial score (nSPS) is 26.6. The fraction of sp³-hybridized carbons (Fsp3) is 1.00. The number of nitrogens with zero attached hydrogens (tertiary/aromatic N) is 1. The summed E-state index contributed by atoms with van der Waals surface area (Å²) >= 11 is 0. The Kier molecular flexibility index (Phi) is 5.69. The van der Waals surface area contributed by atoms with Gasteiger partial charge in [0.25, 0.3) is 0 Å². The minimum absolute atomic E-state index is 0.0704. The van der Waals surface area contributed by atoms with Gasteiger partial charge in [0.05, 0.1) is 19.8 Å². The number of hydrogen-bond donors (Lipinski definition) is 2. The van der Waals surface area contributed by atoms with Crippen molar-refractivity contribution in [2.75, 3.05) is 32.9 Å². The Morgan fingerprint density at radius 1 is 1.50 bits per heavy atom. The van der Waals surface area contributed by atoms with E-state index in [1.165, 1.54) is 0 Å². The Morgan fingerprint density at radius 3 is 2.88 bits per heavy atom. The van der Waals surface area contributed by atoms with Crippen LogP contribution in [0.1, 0.15) is 33.1 Å². The van der Waals surface area contributed by atoms with E-state index in [0.29, 0.717) is 6.04 Å². The molecule has 1 fully saturated rings. The minimum atomic E-state index is -0.406. The maximum Gasteiger partial charge on any atom is 0.0619 e. The quantitative estimate of drug-likeness (QED) is 0.656. The van der Waals surface area contributed by atoms with Crippen LogP contribution in [0.5, 0.6) is 0 Å². The van der Waals surface area contributed by atoms with Crippen LogP contribution in [0.2, 0.25) is 0 Å². The van der Waals surface area contributed by atoms with Crippen molar-refractivity contribution in [3.8, 4) is 0 Å². The molecule has 0 bridgehead atoms. The van der Waals surface area contributed by atoms with E-state index < -0.39 is 5.54 Å². The summed E-state index contributed by atoms with van der Waals surface area (Å²) in [6, 6.07) is 0.538. The number of unbranched alkanes of at least 4 members (excludes halogenated alkanes) is 1. The molecule has 0 aliphatic carbocycles. The fourth-order valence-corrected chi connectivity index (χ4v) is 2.02. The van der Waals surface area contributed by atoms with Crippen molar-refractivity contribution in [1.82, 2.24) is 4.90 Å². The van der Waals surface area contributed by atoms with Crippen molar-refractivity contribution < 1.29 is 9.84 Å². The number of ether oxygens (including phenoxy) is 1. The highest BCUT2D eigenvalue weighted by molar-refractivity contribution is 4.77. The molecule has 1 saturated heterocycles. The van der Waals surface area contributed by atoms with Gasteiger partial charge in [0.1, 0.15) is 0 Å². The third-order valence-corrected chi connectivity index (χ3v) is 3.31. The molecule has 0 saturated carbocycles. The molecule has 2 atom stereocenters. The van der Waals surface area contributed by atoms with E-state index in [0.717, 1.165) is 45.6 Å². The predicted octanol–water partition coefficient (Wildman–Crippen LogP) is 0.587. The van der Waals surface area contributed by atoms with Crippen LogP contribution in [0.15, 0.2) is 0 Å². The third-order valence-electron chi connectivity index (χ3n) is 3.31. The van der Waals surface area contributed by atoms with E-state index in [2.05, 4.69) is 11.8 Å². The van der Waals surface area contributed by atoms with Gasteiger partial charge in [0, 0.05) is 18.1 Å². The average molecular weight is 230 g/mol. The molecule has 0 aromatic carbocycles. The van der Waals surface area contributed by atoms with E-state index in [1.807, 2.05) is 6.92 Å². The van der Waals surface area contributed by atoms with Crippen molar-refractivity contribution in [2.45, 2.75) is 44.7 Å². The highest BCUT2D eigenvalue weighted by atomic mass is 16.5. The Labute approximate surface area is 98.8 Å².